The number of amides is 1. The molecule has 0 aliphatic carbocycles. The lowest BCUT2D eigenvalue weighted by Crippen LogP contribution is -2.37. The Hall–Kier alpha value is -2.93. The van der Waals surface area contributed by atoms with Gasteiger partial charge >= 0.3 is 12.1 Å². The number of aromatic nitrogens is 1. The maximum Gasteiger partial charge on any atom is 0.416 e. The fourth-order valence-corrected chi connectivity index (χ4v) is 3.24. The maximum atomic E-state index is 12.6. The predicted molar refractivity (Wildman–Crippen MR) is 126 cm³/mol. The molecule has 7 nitrogen and oxygen atoms in total. The first-order chi connectivity index (χ1) is 15.0. The van der Waals surface area contributed by atoms with E-state index in [0.29, 0.717) is 12.4 Å². The van der Waals surface area contributed by atoms with Crippen molar-refractivity contribution in [1.82, 2.24) is 10.3 Å². The van der Waals surface area contributed by atoms with Gasteiger partial charge in [-0.1, -0.05) is 30.3 Å². The van der Waals surface area contributed by atoms with Gasteiger partial charge in [0, 0.05) is 19.2 Å². The van der Waals surface area contributed by atoms with Crippen molar-refractivity contribution in [3.05, 3.63) is 59.3 Å². The average molecular weight is 442 g/mol. The highest BCUT2D eigenvalue weighted by Crippen LogP contribution is 2.21. The number of benzene rings is 1. The van der Waals surface area contributed by atoms with Crippen LogP contribution in [-0.2, 0) is 20.8 Å². The second kappa shape index (κ2) is 11.6. The first kappa shape index (κ1) is 25.3. The molecule has 174 valence electrons. The summed E-state index contributed by atoms with van der Waals surface area (Å²) in [6.07, 6.45) is 0.695. The van der Waals surface area contributed by atoms with Gasteiger partial charge in [-0.05, 0) is 70.8 Å². The van der Waals surface area contributed by atoms with Gasteiger partial charge in [-0.15, -0.1) is 0 Å². The van der Waals surface area contributed by atoms with Crippen LogP contribution in [0.2, 0.25) is 0 Å². The number of nitrogens with zero attached hydrogens (tertiary/aromatic N) is 2. The normalized spacial score (nSPS) is 15.4. The number of carbonyl (C=O) groups is 2. The van der Waals surface area contributed by atoms with Crippen LogP contribution in [0.5, 0.6) is 0 Å². The molecule has 1 N–H and O–H groups in total. The van der Waals surface area contributed by atoms with Crippen molar-refractivity contribution in [3.63, 3.8) is 0 Å². The molecule has 0 spiro atoms. The summed E-state index contributed by atoms with van der Waals surface area (Å²) in [5.41, 5.74) is 2.42. The molecule has 0 saturated carbocycles. The Kier molecular flexibility index (Phi) is 9.20. The van der Waals surface area contributed by atoms with Crippen LogP contribution in [0.4, 0.5) is 10.6 Å². The first-order valence-corrected chi connectivity index (χ1v) is 10.9. The fraction of sp³-hybridized carbons (Fsp3) is 0.480. The molecule has 1 atom stereocenters. The zero-order valence-electron chi connectivity index (χ0n) is 20.0. The smallest absolute Gasteiger partial charge is 0.416 e. The summed E-state index contributed by atoms with van der Waals surface area (Å²) < 4.78 is 10.5. The number of nitrogens with one attached hydrogen (secondary N) is 1. The summed E-state index contributed by atoms with van der Waals surface area (Å²) in [5.74, 6) is 0.435. The quantitative estimate of drug-likeness (QED) is 0.701. The van der Waals surface area contributed by atoms with Crippen LogP contribution in [0.15, 0.2) is 42.5 Å². The third-order valence-electron chi connectivity index (χ3n) is 4.51. The largest absolute Gasteiger partial charge is 0.461 e. The van der Waals surface area contributed by atoms with Gasteiger partial charge < -0.3 is 14.8 Å². The summed E-state index contributed by atoms with van der Waals surface area (Å²) in [4.78, 5) is 29.1. The number of pyridine rings is 1. The molecule has 2 aromatic rings. The Morgan fingerprint density at radius 1 is 1.16 bits per heavy atom. The SMILES string of the molecule is CC(=O)OC1CCNC1.Cc1cc(C)nc(N(Cc2ccccc2)C(=O)OC(C)(C)C)c1. The van der Waals surface area contributed by atoms with Crippen molar-refractivity contribution in [2.75, 3.05) is 18.0 Å². The fourth-order valence-electron chi connectivity index (χ4n) is 3.24. The Bertz CT molecular complexity index is 868. The van der Waals surface area contributed by atoms with E-state index in [4.69, 9.17) is 9.47 Å². The lowest BCUT2D eigenvalue weighted by Gasteiger charge is -2.27. The summed E-state index contributed by atoms with van der Waals surface area (Å²) in [7, 11) is 0. The van der Waals surface area contributed by atoms with Gasteiger partial charge in [-0.25, -0.2) is 9.78 Å². The van der Waals surface area contributed by atoms with E-state index in [2.05, 4.69) is 10.3 Å². The lowest BCUT2D eigenvalue weighted by atomic mass is 10.2. The van der Waals surface area contributed by atoms with Crippen molar-refractivity contribution >= 4 is 17.9 Å². The van der Waals surface area contributed by atoms with E-state index >= 15 is 0 Å². The molecule has 1 amide bonds. The van der Waals surface area contributed by atoms with Gasteiger partial charge in [0.25, 0.3) is 0 Å². The van der Waals surface area contributed by atoms with Crippen LogP contribution in [0.3, 0.4) is 0 Å². The van der Waals surface area contributed by atoms with Crippen molar-refractivity contribution in [1.29, 1.82) is 0 Å². The number of aryl methyl sites for hydroxylation is 2. The second-order valence-corrected chi connectivity index (χ2v) is 8.92. The minimum Gasteiger partial charge on any atom is -0.461 e. The van der Waals surface area contributed by atoms with E-state index in [-0.39, 0.29) is 18.2 Å². The monoisotopic (exact) mass is 441 g/mol. The van der Waals surface area contributed by atoms with Gasteiger partial charge in [0.2, 0.25) is 0 Å². The van der Waals surface area contributed by atoms with Gasteiger partial charge in [-0.2, -0.15) is 0 Å². The summed E-state index contributed by atoms with van der Waals surface area (Å²) in [5, 5.41) is 3.10. The average Bonchev–Trinajstić information content (AvgIpc) is 3.17. The molecular weight excluding hydrogens is 406 g/mol. The number of carbonyl (C=O) groups excluding carboxylic acids is 2. The third kappa shape index (κ3) is 9.06. The topological polar surface area (TPSA) is 80.8 Å². The van der Waals surface area contributed by atoms with Gasteiger partial charge in [0.05, 0.1) is 6.54 Å². The number of hydrogen-bond donors (Lipinski definition) is 1. The zero-order chi connectivity index (χ0) is 23.7. The predicted octanol–water partition coefficient (Wildman–Crippen LogP) is 4.55. The lowest BCUT2D eigenvalue weighted by molar-refractivity contribution is -0.145. The highest BCUT2D eigenvalue weighted by atomic mass is 16.6. The minimum atomic E-state index is -0.551. The molecule has 0 bridgehead atoms. The van der Waals surface area contributed by atoms with Gasteiger partial charge in [-0.3, -0.25) is 9.69 Å². The number of ether oxygens (including phenoxy) is 2. The van der Waals surface area contributed by atoms with Crippen molar-refractivity contribution in [3.8, 4) is 0 Å². The molecule has 2 heterocycles. The number of hydrogen-bond acceptors (Lipinski definition) is 6. The molecule has 32 heavy (non-hydrogen) atoms. The van der Waals surface area contributed by atoms with E-state index < -0.39 is 5.60 Å². The Morgan fingerprint density at radius 2 is 1.84 bits per heavy atom. The molecule has 1 aromatic heterocycles. The maximum absolute atomic E-state index is 12.6. The van der Waals surface area contributed by atoms with E-state index in [9.17, 15) is 9.59 Å². The van der Waals surface area contributed by atoms with Crippen molar-refractivity contribution < 1.29 is 19.1 Å². The van der Waals surface area contributed by atoms with Crippen LogP contribution in [0.25, 0.3) is 0 Å². The molecule has 1 aromatic carbocycles. The highest BCUT2D eigenvalue weighted by Gasteiger charge is 2.24. The minimum absolute atomic E-state index is 0.127. The van der Waals surface area contributed by atoms with Crippen LogP contribution < -0.4 is 10.2 Å². The van der Waals surface area contributed by atoms with E-state index in [0.717, 1.165) is 36.3 Å². The zero-order valence-corrected chi connectivity index (χ0v) is 20.0. The van der Waals surface area contributed by atoms with Crippen LogP contribution in [-0.4, -0.2) is 41.8 Å². The molecule has 1 saturated heterocycles. The Balaban J connectivity index is 0.000000336. The van der Waals surface area contributed by atoms with Crippen LogP contribution in [0, 0.1) is 13.8 Å². The van der Waals surface area contributed by atoms with Crippen molar-refractivity contribution in [2.45, 2.75) is 66.2 Å². The molecule has 1 aliphatic heterocycles. The second-order valence-electron chi connectivity index (χ2n) is 8.92. The molecule has 1 unspecified atom stereocenters. The molecule has 7 heteroatoms. The Morgan fingerprint density at radius 3 is 2.38 bits per heavy atom. The number of anilines is 1. The van der Waals surface area contributed by atoms with Crippen LogP contribution in [0.1, 0.15) is 50.9 Å². The summed E-state index contributed by atoms with van der Waals surface area (Å²) in [6, 6.07) is 13.7. The van der Waals surface area contributed by atoms with Crippen LogP contribution >= 0.6 is 0 Å². The number of esters is 1. The molecule has 1 fully saturated rings. The Labute approximate surface area is 191 Å². The van der Waals surface area contributed by atoms with Gasteiger partial charge in [0.15, 0.2) is 0 Å². The summed E-state index contributed by atoms with van der Waals surface area (Å²) >= 11 is 0. The van der Waals surface area contributed by atoms with E-state index in [1.54, 1.807) is 4.90 Å². The summed E-state index contributed by atoms with van der Waals surface area (Å²) in [6.45, 7) is 13.2. The van der Waals surface area contributed by atoms with E-state index in [1.165, 1.54) is 6.92 Å². The van der Waals surface area contributed by atoms with Crippen molar-refractivity contribution in [2.24, 2.45) is 0 Å². The highest BCUT2D eigenvalue weighted by molar-refractivity contribution is 5.86. The molecular formula is C25H35N3O4. The molecule has 1 aliphatic rings. The van der Waals surface area contributed by atoms with Gasteiger partial charge in [0.1, 0.15) is 17.5 Å². The molecule has 0 radical (unpaired) electrons. The number of rotatable bonds is 4. The molecule has 3 rings (SSSR count). The third-order valence-corrected chi connectivity index (χ3v) is 4.51. The van der Waals surface area contributed by atoms with E-state index in [1.807, 2.05) is 77.1 Å². The standard InChI is InChI=1S/C19H24N2O2.C6H11NO2/c1-14-11-15(2)20-17(12-14)21(18(22)23-19(3,4)5)13-16-9-7-6-8-10-16;1-5(8)9-6-2-3-7-4-6/h6-12H,13H2,1-5H3;6-7H,2-4H2,1H3. The first-order valence-electron chi connectivity index (χ1n) is 10.9.